The first-order valence-corrected chi connectivity index (χ1v) is 7.41. The van der Waals surface area contributed by atoms with Gasteiger partial charge in [-0.3, -0.25) is 5.43 Å². The van der Waals surface area contributed by atoms with E-state index >= 15 is 0 Å². The molecule has 0 heterocycles. The highest BCUT2D eigenvalue weighted by atomic mass is 19.4. The van der Waals surface area contributed by atoms with Crippen molar-refractivity contribution in [2.75, 3.05) is 5.43 Å². The Labute approximate surface area is 158 Å². The van der Waals surface area contributed by atoms with E-state index in [1.165, 1.54) is 24.3 Å². The molecule has 7 nitrogen and oxygen atoms in total. The van der Waals surface area contributed by atoms with Crippen LogP contribution >= 0.6 is 0 Å². The molecular weight excluding hydrogens is 408 g/mol. The fourth-order valence-electron chi connectivity index (χ4n) is 1.74. The van der Waals surface area contributed by atoms with Gasteiger partial charge in [-0.05, 0) is 48.5 Å². The summed E-state index contributed by atoms with van der Waals surface area (Å²) >= 11 is 0. The van der Waals surface area contributed by atoms with Gasteiger partial charge in [0.15, 0.2) is 0 Å². The number of amidine groups is 1. The maximum absolute atomic E-state index is 12.1. The van der Waals surface area contributed by atoms with Gasteiger partial charge in [-0.1, -0.05) is 0 Å². The lowest BCUT2D eigenvalue weighted by molar-refractivity contribution is -0.275. The number of hydrogen-bond donors (Lipinski definition) is 1. The zero-order chi connectivity index (χ0) is 21.5. The van der Waals surface area contributed by atoms with Crippen molar-refractivity contribution in [3.63, 3.8) is 0 Å². The Morgan fingerprint density at radius 1 is 0.828 bits per heavy atom. The predicted molar refractivity (Wildman–Crippen MR) is 87.4 cm³/mol. The van der Waals surface area contributed by atoms with Gasteiger partial charge in [0.25, 0.3) is 5.84 Å². The first kappa shape index (κ1) is 21.5. The van der Waals surface area contributed by atoms with E-state index in [0.717, 1.165) is 24.3 Å². The Morgan fingerprint density at radius 2 is 1.31 bits per heavy atom. The van der Waals surface area contributed by atoms with E-state index in [4.69, 9.17) is 5.26 Å². The van der Waals surface area contributed by atoms with Crippen LogP contribution in [0.15, 0.2) is 63.9 Å². The van der Waals surface area contributed by atoms with Crippen LogP contribution < -0.4 is 14.9 Å². The molecule has 2 aromatic rings. The average molecular weight is 417 g/mol. The molecule has 0 aliphatic heterocycles. The summed E-state index contributed by atoms with van der Waals surface area (Å²) in [5, 5.41) is 19.7. The monoisotopic (exact) mass is 417 g/mol. The van der Waals surface area contributed by atoms with Crippen molar-refractivity contribution in [1.29, 1.82) is 5.26 Å². The maximum Gasteiger partial charge on any atom is 0.573 e. The average Bonchev–Trinajstić information content (AvgIpc) is 2.62. The molecule has 0 aromatic heterocycles. The molecule has 0 radical (unpaired) electrons. The first-order chi connectivity index (χ1) is 13.5. The largest absolute Gasteiger partial charge is 0.573 e. The van der Waals surface area contributed by atoms with Gasteiger partial charge in [-0.15, -0.1) is 41.7 Å². The maximum atomic E-state index is 12.1. The lowest BCUT2D eigenvalue weighted by atomic mass is 10.3. The number of hydrogen-bond acceptors (Lipinski definition) is 6. The van der Waals surface area contributed by atoms with Crippen LogP contribution in [0.3, 0.4) is 0 Å². The molecule has 0 aliphatic carbocycles. The van der Waals surface area contributed by atoms with Crippen LogP contribution in [0.1, 0.15) is 0 Å². The molecule has 152 valence electrons. The predicted octanol–water partition coefficient (Wildman–Crippen LogP) is 5.52. The molecule has 13 heteroatoms. The molecule has 0 atom stereocenters. The van der Waals surface area contributed by atoms with E-state index < -0.39 is 30.1 Å². The van der Waals surface area contributed by atoms with Gasteiger partial charge in [0.1, 0.15) is 17.6 Å². The summed E-state index contributed by atoms with van der Waals surface area (Å²) in [6.45, 7) is 0. The van der Waals surface area contributed by atoms with Crippen LogP contribution in [0.4, 0.5) is 37.7 Å². The first-order valence-electron chi connectivity index (χ1n) is 7.41. The van der Waals surface area contributed by atoms with Crippen LogP contribution in [0.5, 0.6) is 11.5 Å². The quantitative estimate of drug-likeness (QED) is 0.228. The number of nitriles is 1. The number of nitrogens with one attached hydrogen (secondary N) is 1. The second kappa shape index (κ2) is 8.91. The Kier molecular flexibility index (Phi) is 6.60. The van der Waals surface area contributed by atoms with E-state index in [1.54, 1.807) is 6.07 Å². The molecule has 0 aliphatic rings. The Bertz CT molecular complexity index is 915. The minimum atomic E-state index is -4.83. The lowest BCUT2D eigenvalue weighted by Crippen LogP contribution is -2.16. The number of rotatable bonds is 5. The number of ether oxygens (including phenoxy) is 2. The van der Waals surface area contributed by atoms with E-state index in [-0.39, 0.29) is 11.4 Å². The molecule has 0 bridgehead atoms. The van der Waals surface area contributed by atoms with Gasteiger partial charge in [-0.25, -0.2) is 0 Å². The number of hydrazone groups is 1. The Balaban J connectivity index is 1.98. The highest BCUT2D eigenvalue weighted by Crippen LogP contribution is 2.25. The highest BCUT2D eigenvalue weighted by Gasteiger charge is 2.31. The normalized spacial score (nSPS) is 12.5. The highest BCUT2D eigenvalue weighted by molar-refractivity contribution is 5.97. The zero-order valence-corrected chi connectivity index (χ0v) is 14.0. The summed E-state index contributed by atoms with van der Waals surface area (Å²) in [6.07, 6.45) is -9.65. The fourth-order valence-corrected chi connectivity index (χ4v) is 1.74. The molecule has 0 amide bonds. The Morgan fingerprint density at radius 3 is 1.76 bits per heavy atom. The number of azo groups is 1. The zero-order valence-electron chi connectivity index (χ0n) is 14.0. The molecule has 2 aromatic carbocycles. The van der Waals surface area contributed by atoms with Gasteiger partial charge in [0.05, 0.1) is 11.4 Å². The van der Waals surface area contributed by atoms with Gasteiger partial charge in [0.2, 0.25) is 0 Å². The molecule has 0 spiro atoms. The van der Waals surface area contributed by atoms with Gasteiger partial charge >= 0.3 is 12.7 Å². The number of nitrogens with zero attached hydrogens (tertiary/aromatic N) is 4. The van der Waals surface area contributed by atoms with Crippen molar-refractivity contribution < 1.29 is 35.8 Å². The molecule has 0 saturated carbocycles. The molecule has 0 fully saturated rings. The van der Waals surface area contributed by atoms with Gasteiger partial charge < -0.3 is 9.47 Å². The van der Waals surface area contributed by atoms with E-state index in [1.807, 2.05) is 0 Å². The number of alkyl halides is 6. The van der Waals surface area contributed by atoms with Crippen LogP contribution in [0.25, 0.3) is 0 Å². The topological polar surface area (TPSA) is 91.4 Å². The van der Waals surface area contributed by atoms with Crippen molar-refractivity contribution in [2.45, 2.75) is 12.7 Å². The summed E-state index contributed by atoms with van der Waals surface area (Å²) in [7, 11) is 0. The molecule has 1 N–H and O–H groups in total. The van der Waals surface area contributed by atoms with Crippen molar-refractivity contribution in [3.05, 3.63) is 48.5 Å². The SMILES string of the molecule is N#C/C(N=Nc1ccc(OC(F)(F)F)cc1)=N\Nc1ccc(OC(F)(F)F)cc1. The third kappa shape index (κ3) is 8.16. The molecule has 0 unspecified atom stereocenters. The summed E-state index contributed by atoms with van der Waals surface area (Å²) < 4.78 is 79.9. The third-order valence-corrected chi connectivity index (χ3v) is 2.81. The van der Waals surface area contributed by atoms with Crippen molar-refractivity contribution in [1.82, 2.24) is 0 Å². The van der Waals surface area contributed by atoms with Gasteiger partial charge in [-0.2, -0.15) is 5.26 Å². The summed E-state index contributed by atoms with van der Waals surface area (Å²) in [4.78, 5) is 0. The molecule has 2 rings (SSSR count). The van der Waals surface area contributed by atoms with Crippen LogP contribution in [0, 0.1) is 11.3 Å². The van der Waals surface area contributed by atoms with Crippen molar-refractivity contribution in [3.8, 4) is 17.6 Å². The second-order valence-corrected chi connectivity index (χ2v) is 4.97. The minimum Gasteiger partial charge on any atom is -0.406 e. The van der Waals surface area contributed by atoms with Crippen LogP contribution in [-0.2, 0) is 0 Å². The van der Waals surface area contributed by atoms with E-state index in [2.05, 4.69) is 30.2 Å². The standard InChI is InChI=1S/C16H9F6N5O2/c17-15(18,19)28-12-5-1-10(2-6-12)24-26-14(9-23)27-25-11-3-7-13(8-4-11)29-16(20,21)22/h1-8,24H/b26-14+,27-25?. The third-order valence-electron chi connectivity index (χ3n) is 2.81. The number of halogens is 6. The minimum absolute atomic E-state index is 0.121. The number of anilines is 1. The summed E-state index contributed by atoms with van der Waals surface area (Å²) in [5.41, 5.74) is 2.74. The van der Waals surface area contributed by atoms with Crippen LogP contribution in [0.2, 0.25) is 0 Å². The van der Waals surface area contributed by atoms with E-state index in [0.29, 0.717) is 0 Å². The Hall–Kier alpha value is -3.82. The van der Waals surface area contributed by atoms with Gasteiger partial charge in [0, 0.05) is 0 Å². The molecular formula is C16H9F6N5O2. The lowest BCUT2D eigenvalue weighted by Gasteiger charge is -2.08. The second-order valence-electron chi connectivity index (χ2n) is 4.97. The molecule has 0 saturated heterocycles. The van der Waals surface area contributed by atoms with E-state index in [9.17, 15) is 26.3 Å². The van der Waals surface area contributed by atoms with Crippen molar-refractivity contribution in [2.24, 2.45) is 15.3 Å². The summed E-state index contributed by atoms with van der Waals surface area (Å²) in [5.74, 6) is -1.34. The van der Waals surface area contributed by atoms with Crippen LogP contribution in [-0.4, -0.2) is 18.6 Å². The fraction of sp³-hybridized carbons (Fsp3) is 0.125. The number of benzene rings is 2. The summed E-state index contributed by atoms with van der Waals surface area (Å²) in [6, 6.07) is 10.5. The molecule has 29 heavy (non-hydrogen) atoms. The van der Waals surface area contributed by atoms with Crippen molar-refractivity contribution >= 4 is 17.2 Å². The smallest absolute Gasteiger partial charge is 0.406 e.